The summed E-state index contributed by atoms with van der Waals surface area (Å²) in [6.07, 6.45) is 1.86. The number of hydrogen-bond acceptors (Lipinski definition) is 3. The van der Waals surface area contributed by atoms with Crippen molar-refractivity contribution in [3.05, 3.63) is 45.7 Å². The number of likely N-dealkylation sites (N-methyl/N-ethyl adjacent to an activating group) is 1. The van der Waals surface area contributed by atoms with E-state index in [1.807, 2.05) is 12.1 Å². The second kappa shape index (κ2) is 11.1. The van der Waals surface area contributed by atoms with Gasteiger partial charge in [-0.25, -0.2) is 0 Å². The molecule has 0 aliphatic rings. The molecule has 0 saturated carbocycles. The van der Waals surface area contributed by atoms with E-state index in [4.69, 9.17) is 17.0 Å². The SMILES string of the molecule is CCc1ccc2[nH]c(=O)c(CN(CC[NH+](C)C)C(=S)NCCCOC)cc2c1. The Morgan fingerprint density at radius 3 is 2.79 bits per heavy atom. The van der Waals surface area contributed by atoms with Crippen molar-refractivity contribution in [1.29, 1.82) is 0 Å². The average molecular weight is 406 g/mol. The van der Waals surface area contributed by atoms with Crippen molar-refractivity contribution in [2.24, 2.45) is 0 Å². The Labute approximate surface area is 172 Å². The van der Waals surface area contributed by atoms with Crippen LogP contribution in [0, 0.1) is 0 Å². The molecule has 0 aliphatic heterocycles. The molecule has 154 valence electrons. The largest absolute Gasteiger partial charge is 0.385 e. The van der Waals surface area contributed by atoms with E-state index in [1.165, 1.54) is 10.5 Å². The lowest BCUT2D eigenvalue weighted by Crippen LogP contribution is -3.06. The highest BCUT2D eigenvalue weighted by atomic mass is 32.1. The van der Waals surface area contributed by atoms with Crippen LogP contribution in [-0.2, 0) is 17.7 Å². The zero-order chi connectivity index (χ0) is 20.5. The number of aromatic amines is 1. The number of fused-ring (bicyclic) bond motifs is 1. The summed E-state index contributed by atoms with van der Waals surface area (Å²) in [4.78, 5) is 19.0. The summed E-state index contributed by atoms with van der Waals surface area (Å²) in [5.41, 5.74) is 2.81. The van der Waals surface area contributed by atoms with Crippen LogP contribution in [0.5, 0.6) is 0 Å². The molecule has 7 heteroatoms. The van der Waals surface area contributed by atoms with Gasteiger partial charge in [-0.15, -0.1) is 0 Å². The minimum atomic E-state index is -0.0545. The van der Waals surface area contributed by atoms with E-state index in [-0.39, 0.29) is 5.56 Å². The first kappa shape index (κ1) is 22.3. The standard InChI is InChI=1S/C21H32N4O2S/c1-5-16-7-8-19-17(13-16)14-18(20(26)23-19)15-25(11-10-24(2)3)21(28)22-9-6-12-27-4/h7-8,13-14H,5-6,9-12,15H2,1-4H3,(H,22,28)(H,23,26)/p+1. The number of rotatable bonds is 10. The summed E-state index contributed by atoms with van der Waals surface area (Å²) in [6.45, 7) is 5.79. The van der Waals surface area contributed by atoms with Crippen LogP contribution in [0.1, 0.15) is 24.5 Å². The molecule has 2 aromatic rings. The Hall–Kier alpha value is -1.96. The molecule has 0 saturated heterocycles. The van der Waals surface area contributed by atoms with E-state index in [9.17, 15) is 4.79 Å². The Kier molecular flexibility index (Phi) is 8.89. The van der Waals surface area contributed by atoms with Gasteiger partial charge < -0.3 is 24.8 Å². The van der Waals surface area contributed by atoms with Gasteiger partial charge in [-0.2, -0.15) is 0 Å². The van der Waals surface area contributed by atoms with Gasteiger partial charge >= 0.3 is 0 Å². The maximum Gasteiger partial charge on any atom is 0.253 e. The van der Waals surface area contributed by atoms with Gasteiger partial charge in [0.25, 0.3) is 5.56 Å². The van der Waals surface area contributed by atoms with Crippen molar-refractivity contribution in [1.82, 2.24) is 15.2 Å². The molecule has 0 aliphatic carbocycles. The lowest BCUT2D eigenvalue weighted by Gasteiger charge is -2.26. The van der Waals surface area contributed by atoms with Crippen molar-refractivity contribution in [3.63, 3.8) is 0 Å². The number of methoxy groups -OCH3 is 1. The summed E-state index contributed by atoms with van der Waals surface area (Å²) in [7, 11) is 5.92. The van der Waals surface area contributed by atoms with Gasteiger partial charge in [-0.3, -0.25) is 4.79 Å². The second-order valence-electron chi connectivity index (χ2n) is 7.36. The third kappa shape index (κ3) is 6.58. The van der Waals surface area contributed by atoms with E-state index in [2.05, 4.69) is 48.4 Å². The van der Waals surface area contributed by atoms with Gasteiger partial charge in [0, 0.05) is 31.3 Å². The smallest absolute Gasteiger partial charge is 0.253 e. The maximum absolute atomic E-state index is 12.6. The quantitative estimate of drug-likeness (QED) is 0.406. The van der Waals surface area contributed by atoms with E-state index < -0.39 is 0 Å². The topological polar surface area (TPSA) is 61.8 Å². The molecule has 1 heterocycles. The third-order valence-corrected chi connectivity index (χ3v) is 5.13. The number of quaternary nitrogens is 1. The molecule has 28 heavy (non-hydrogen) atoms. The fourth-order valence-corrected chi connectivity index (χ4v) is 3.24. The zero-order valence-electron chi connectivity index (χ0n) is 17.4. The number of ether oxygens (including phenoxy) is 1. The summed E-state index contributed by atoms with van der Waals surface area (Å²) < 4.78 is 5.09. The molecule has 0 atom stereocenters. The first-order valence-corrected chi connectivity index (χ1v) is 10.3. The van der Waals surface area contributed by atoms with Crippen LogP contribution in [0.4, 0.5) is 0 Å². The number of benzene rings is 1. The molecule has 0 radical (unpaired) electrons. The summed E-state index contributed by atoms with van der Waals surface area (Å²) in [5, 5.41) is 5.03. The maximum atomic E-state index is 12.6. The van der Waals surface area contributed by atoms with Gasteiger partial charge in [0.2, 0.25) is 0 Å². The minimum absolute atomic E-state index is 0.0545. The van der Waals surface area contributed by atoms with E-state index in [0.717, 1.165) is 48.9 Å². The Morgan fingerprint density at radius 1 is 1.32 bits per heavy atom. The number of pyridine rings is 1. The van der Waals surface area contributed by atoms with Crippen LogP contribution in [0.25, 0.3) is 10.9 Å². The Bertz CT molecular complexity index is 835. The van der Waals surface area contributed by atoms with Gasteiger partial charge in [0.1, 0.15) is 0 Å². The second-order valence-corrected chi connectivity index (χ2v) is 7.74. The molecule has 6 nitrogen and oxygen atoms in total. The summed E-state index contributed by atoms with van der Waals surface area (Å²) >= 11 is 5.61. The highest BCUT2D eigenvalue weighted by molar-refractivity contribution is 7.80. The van der Waals surface area contributed by atoms with Crippen molar-refractivity contribution >= 4 is 28.2 Å². The van der Waals surface area contributed by atoms with Crippen molar-refractivity contribution in [3.8, 4) is 0 Å². The number of nitrogens with zero attached hydrogens (tertiary/aromatic N) is 1. The van der Waals surface area contributed by atoms with Crippen LogP contribution < -0.4 is 15.8 Å². The predicted octanol–water partition coefficient (Wildman–Crippen LogP) is 0.948. The highest BCUT2D eigenvalue weighted by Crippen LogP contribution is 2.15. The third-order valence-electron chi connectivity index (χ3n) is 4.73. The fraction of sp³-hybridized carbons (Fsp3) is 0.524. The van der Waals surface area contributed by atoms with Crippen LogP contribution in [-0.4, -0.2) is 62.4 Å². The molecule has 0 bridgehead atoms. The van der Waals surface area contributed by atoms with Crippen LogP contribution in [0.3, 0.4) is 0 Å². The molecule has 0 fully saturated rings. The molecule has 3 N–H and O–H groups in total. The monoisotopic (exact) mass is 405 g/mol. The number of thiocarbonyl (C=S) groups is 1. The molecule has 2 rings (SSSR count). The Morgan fingerprint density at radius 2 is 2.11 bits per heavy atom. The van der Waals surface area contributed by atoms with E-state index in [1.54, 1.807) is 7.11 Å². The molecule has 1 aromatic heterocycles. The number of nitrogens with one attached hydrogen (secondary N) is 3. The lowest BCUT2D eigenvalue weighted by atomic mass is 10.1. The average Bonchev–Trinajstić information content (AvgIpc) is 2.68. The number of H-pyrrole nitrogens is 1. The molecular formula is C21H33N4O2S+. The summed E-state index contributed by atoms with van der Waals surface area (Å²) in [5.74, 6) is 0. The molecule has 1 aromatic carbocycles. The zero-order valence-corrected chi connectivity index (χ0v) is 18.2. The number of aromatic nitrogens is 1. The Balaban J connectivity index is 2.20. The predicted molar refractivity (Wildman–Crippen MR) is 119 cm³/mol. The van der Waals surface area contributed by atoms with Crippen LogP contribution >= 0.6 is 12.2 Å². The summed E-state index contributed by atoms with van der Waals surface area (Å²) in [6, 6.07) is 8.18. The van der Waals surface area contributed by atoms with Crippen LogP contribution in [0.2, 0.25) is 0 Å². The van der Waals surface area contributed by atoms with Gasteiger partial charge in [0.05, 0.1) is 33.7 Å². The van der Waals surface area contributed by atoms with Gasteiger partial charge in [-0.05, 0) is 54.2 Å². The number of hydrogen-bond donors (Lipinski definition) is 3. The fourth-order valence-electron chi connectivity index (χ4n) is 2.98. The first-order chi connectivity index (χ1) is 13.4. The number of aryl methyl sites for hydroxylation is 1. The van der Waals surface area contributed by atoms with E-state index >= 15 is 0 Å². The molecule has 0 amide bonds. The lowest BCUT2D eigenvalue weighted by molar-refractivity contribution is -0.857. The van der Waals surface area contributed by atoms with E-state index in [0.29, 0.717) is 18.3 Å². The molecule has 0 spiro atoms. The van der Waals surface area contributed by atoms with Crippen molar-refractivity contribution in [2.75, 3.05) is 47.4 Å². The van der Waals surface area contributed by atoms with Gasteiger partial charge in [-0.1, -0.05) is 13.0 Å². The highest BCUT2D eigenvalue weighted by Gasteiger charge is 2.14. The molecule has 0 unspecified atom stereocenters. The molecular weight excluding hydrogens is 372 g/mol. The van der Waals surface area contributed by atoms with Crippen molar-refractivity contribution < 1.29 is 9.64 Å². The normalized spacial score (nSPS) is 11.2. The first-order valence-electron chi connectivity index (χ1n) is 9.90. The van der Waals surface area contributed by atoms with Crippen LogP contribution in [0.15, 0.2) is 29.1 Å². The minimum Gasteiger partial charge on any atom is -0.385 e. The van der Waals surface area contributed by atoms with Gasteiger partial charge in [0.15, 0.2) is 5.11 Å². The van der Waals surface area contributed by atoms with Crippen molar-refractivity contribution in [2.45, 2.75) is 26.3 Å².